The minimum Gasteiger partial charge on any atom is -0.462 e. The number of carbonyl (C=O) groups is 3. The van der Waals surface area contributed by atoms with Crippen molar-refractivity contribution < 1.29 is 28.6 Å². The molecule has 0 radical (unpaired) electrons. The first-order valence-corrected chi connectivity index (χ1v) is 27.2. The van der Waals surface area contributed by atoms with Gasteiger partial charge in [0.1, 0.15) is 13.2 Å². The number of hydrogen-bond donors (Lipinski definition) is 0. The van der Waals surface area contributed by atoms with E-state index in [1.165, 1.54) is 25.7 Å². The van der Waals surface area contributed by atoms with Gasteiger partial charge in [0.25, 0.3) is 0 Å². The third kappa shape index (κ3) is 52.5. The van der Waals surface area contributed by atoms with Gasteiger partial charge in [-0.25, -0.2) is 0 Å². The van der Waals surface area contributed by atoms with Crippen molar-refractivity contribution in [1.82, 2.24) is 0 Å². The van der Waals surface area contributed by atoms with Gasteiger partial charge in [0.15, 0.2) is 6.10 Å². The van der Waals surface area contributed by atoms with Crippen LogP contribution in [0.25, 0.3) is 0 Å². The second-order valence-corrected chi connectivity index (χ2v) is 17.4. The van der Waals surface area contributed by atoms with Crippen LogP contribution in [0.3, 0.4) is 0 Å². The predicted octanol–water partition coefficient (Wildman–Crippen LogP) is 18.3. The molecular weight excluding hydrogens is 841 g/mol. The molecule has 0 saturated carbocycles. The van der Waals surface area contributed by atoms with Gasteiger partial charge in [-0.2, -0.15) is 0 Å². The van der Waals surface area contributed by atoms with Crippen LogP contribution in [0.4, 0.5) is 0 Å². The molecule has 0 bridgehead atoms. The van der Waals surface area contributed by atoms with E-state index in [0.29, 0.717) is 19.3 Å². The zero-order valence-corrected chi connectivity index (χ0v) is 43.6. The van der Waals surface area contributed by atoms with Crippen molar-refractivity contribution in [2.75, 3.05) is 13.2 Å². The van der Waals surface area contributed by atoms with Crippen molar-refractivity contribution >= 4 is 17.9 Å². The van der Waals surface area contributed by atoms with Gasteiger partial charge < -0.3 is 14.2 Å². The van der Waals surface area contributed by atoms with E-state index >= 15 is 0 Å². The zero-order chi connectivity index (χ0) is 49.3. The largest absolute Gasteiger partial charge is 0.462 e. The Balaban J connectivity index is 4.49. The summed E-state index contributed by atoms with van der Waals surface area (Å²) in [5.41, 5.74) is 0. The van der Waals surface area contributed by atoms with Gasteiger partial charge in [-0.05, 0) is 109 Å². The Morgan fingerprint density at radius 1 is 0.309 bits per heavy atom. The molecule has 68 heavy (non-hydrogen) atoms. The van der Waals surface area contributed by atoms with E-state index in [1.807, 2.05) is 18.2 Å². The molecule has 0 aromatic carbocycles. The monoisotopic (exact) mass is 939 g/mol. The Kier molecular flexibility index (Phi) is 51.5. The minimum absolute atomic E-state index is 0.104. The Hall–Kier alpha value is -4.45. The van der Waals surface area contributed by atoms with Gasteiger partial charge in [-0.15, -0.1) is 0 Å². The Labute approximate surface area is 417 Å². The van der Waals surface area contributed by atoms with Gasteiger partial charge in [0, 0.05) is 19.3 Å². The number of ether oxygens (including phenoxy) is 3. The molecule has 0 N–H and O–H groups in total. The van der Waals surface area contributed by atoms with Crippen molar-refractivity contribution in [3.05, 3.63) is 134 Å². The number of hydrogen-bond acceptors (Lipinski definition) is 6. The van der Waals surface area contributed by atoms with Crippen molar-refractivity contribution in [3.8, 4) is 0 Å². The molecule has 0 heterocycles. The van der Waals surface area contributed by atoms with Crippen LogP contribution in [0.1, 0.15) is 220 Å². The number of rotatable bonds is 47. The maximum absolute atomic E-state index is 12.8. The number of allylic oxidation sites excluding steroid dienone is 22. The SMILES string of the molecule is CC\C=C/C=C\C=C/C=C\CCCCCCCC(=O)OCC(COC(=O)CCCCCCCC/C=C\C/C=C\C/C=C\C/C=C\CC)OC(=O)CCCCCCCC/C=C\C/C=C\C/C=C\CC. The summed E-state index contributed by atoms with van der Waals surface area (Å²) in [6.07, 6.45) is 77.1. The second-order valence-electron chi connectivity index (χ2n) is 17.4. The smallest absolute Gasteiger partial charge is 0.306 e. The van der Waals surface area contributed by atoms with Crippen LogP contribution >= 0.6 is 0 Å². The lowest BCUT2D eigenvalue weighted by atomic mass is 10.1. The maximum Gasteiger partial charge on any atom is 0.306 e. The van der Waals surface area contributed by atoms with Crippen LogP contribution in [0.15, 0.2) is 134 Å². The number of carbonyl (C=O) groups excluding carboxylic acids is 3. The van der Waals surface area contributed by atoms with Crippen molar-refractivity contribution in [1.29, 1.82) is 0 Å². The Bertz CT molecular complexity index is 1500. The fraction of sp³-hybridized carbons (Fsp3) is 0.597. The molecular formula is C62H98O6. The van der Waals surface area contributed by atoms with Crippen LogP contribution < -0.4 is 0 Å². The highest BCUT2D eigenvalue weighted by Crippen LogP contribution is 2.14. The van der Waals surface area contributed by atoms with Crippen molar-refractivity contribution in [2.45, 2.75) is 226 Å². The summed E-state index contributed by atoms with van der Waals surface area (Å²) in [6, 6.07) is 0. The highest BCUT2D eigenvalue weighted by atomic mass is 16.6. The highest BCUT2D eigenvalue weighted by molar-refractivity contribution is 5.71. The van der Waals surface area contributed by atoms with Gasteiger partial charge in [0.2, 0.25) is 0 Å². The molecule has 0 spiro atoms. The van der Waals surface area contributed by atoms with Crippen LogP contribution in [0.5, 0.6) is 0 Å². The van der Waals surface area contributed by atoms with Crippen molar-refractivity contribution in [3.63, 3.8) is 0 Å². The van der Waals surface area contributed by atoms with E-state index < -0.39 is 6.10 Å². The van der Waals surface area contributed by atoms with Crippen molar-refractivity contribution in [2.24, 2.45) is 0 Å². The van der Waals surface area contributed by atoms with Gasteiger partial charge in [-0.1, -0.05) is 225 Å². The summed E-state index contributed by atoms with van der Waals surface area (Å²) in [5, 5.41) is 0. The molecule has 0 aliphatic carbocycles. The lowest BCUT2D eigenvalue weighted by Crippen LogP contribution is -2.30. The first-order chi connectivity index (χ1) is 33.5. The summed E-state index contributed by atoms with van der Waals surface area (Å²) < 4.78 is 16.8. The van der Waals surface area contributed by atoms with E-state index in [1.54, 1.807) is 0 Å². The molecule has 0 saturated heterocycles. The third-order valence-corrected chi connectivity index (χ3v) is 11.0. The predicted molar refractivity (Wildman–Crippen MR) is 292 cm³/mol. The maximum atomic E-state index is 12.8. The quantitative estimate of drug-likeness (QED) is 0.0199. The fourth-order valence-electron chi connectivity index (χ4n) is 6.99. The molecule has 6 heteroatoms. The molecule has 0 aromatic rings. The van der Waals surface area contributed by atoms with Gasteiger partial charge in [-0.3, -0.25) is 14.4 Å². The summed E-state index contributed by atoms with van der Waals surface area (Å²) >= 11 is 0. The molecule has 0 rings (SSSR count). The van der Waals surface area contributed by atoms with E-state index in [-0.39, 0.29) is 31.1 Å². The van der Waals surface area contributed by atoms with E-state index in [2.05, 4.69) is 136 Å². The average Bonchev–Trinajstić information content (AvgIpc) is 3.34. The van der Waals surface area contributed by atoms with Gasteiger partial charge >= 0.3 is 17.9 Å². The molecule has 6 nitrogen and oxygen atoms in total. The zero-order valence-electron chi connectivity index (χ0n) is 43.6. The molecule has 1 unspecified atom stereocenters. The minimum atomic E-state index is -0.807. The summed E-state index contributed by atoms with van der Waals surface area (Å²) in [4.78, 5) is 38.1. The standard InChI is InChI=1S/C62H98O6/c1-4-7-10-13-16-19-22-25-28-30-31-32-35-37-40-43-46-49-52-55-61(64)67-58-59(57-66-60(63)54-51-48-45-42-39-36-33-27-24-21-18-15-12-9-6-3)68-62(65)56-53-50-47-44-41-38-34-29-26-23-20-17-14-11-8-5-2/h7-12,15-21,24-29,31-33,59H,4-6,13-14,22-23,30,34-58H2,1-3H3/b10-7-,11-8-,12-9-,18-15-,19-16-,20-17-,24-21-,28-25-,29-26-,32-31-,33-27-. The summed E-state index contributed by atoms with van der Waals surface area (Å²) in [6.45, 7) is 6.22. The fourth-order valence-corrected chi connectivity index (χ4v) is 6.99. The third-order valence-electron chi connectivity index (χ3n) is 11.0. The molecule has 0 aliphatic rings. The summed E-state index contributed by atoms with van der Waals surface area (Å²) in [5.74, 6) is -0.959. The lowest BCUT2D eigenvalue weighted by molar-refractivity contribution is -0.167. The average molecular weight is 939 g/mol. The van der Waals surface area contributed by atoms with Gasteiger partial charge in [0.05, 0.1) is 0 Å². The topological polar surface area (TPSA) is 78.9 Å². The van der Waals surface area contributed by atoms with Crippen LogP contribution in [0.2, 0.25) is 0 Å². The summed E-state index contributed by atoms with van der Waals surface area (Å²) in [7, 11) is 0. The normalized spacial score (nSPS) is 13.2. The highest BCUT2D eigenvalue weighted by Gasteiger charge is 2.19. The molecule has 0 fully saturated rings. The second kappa shape index (κ2) is 55.1. The van der Waals surface area contributed by atoms with E-state index in [9.17, 15) is 14.4 Å². The van der Waals surface area contributed by atoms with E-state index in [0.717, 1.165) is 154 Å². The van der Waals surface area contributed by atoms with Crippen LogP contribution in [0, 0.1) is 0 Å². The number of unbranched alkanes of at least 4 members (excludes halogenated alkanes) is 17. The van der Waals surface area contributed by atoms with Crippen LogP contribution in [-0.4, -0.2) is 37.2 Å². The number of esters is 3. The Morgan fingerprint density at radius 3 is 1.00 bits per heavy atom. The Morgan fingerprint density at radius 2 is 0.603 bits per heavy atom. The first-order valence-electron chi connectivity index (χ1n) is 27.2. The molecule has 0 aliphatic heterocycles. The first kappa shape index (κ1) is 63.5. The molecule has 1 atom stereocenters. The van der Waals surface area contributed by atoms with Crippen LogP contribution in [-0.2, 0) is 28.6 Å². The molecule has 0 aromatic heterocycles. The van der Waals surface area contributed by atoms with E-state index in [4.69, 9.17) is 14.2 Å². The molecule has 0 amide bonds. The molecule has 382 valence electrons. The lowest BCUT2D eigenvalue weighted by Gasteiger charge is -2.18.